The molecule has 8 nitrogen and oxygen atoms in total. The number of benzene rings is 1. The van der Waals surface area contributed by atoms with Gasteiger partial charge in [-0.2, -0.15) is 0 Å². The van der Waals surface area contributed by atoms with Gasteiger partial charge in [0, 0.05) is 31.6 Å². The van der Waals surface area contributed by atoms with E-state index in [2.05, 4.69) is 39.9 Å². The molecule has 1 aliphatic carbocycles. The van der Waals surface area contributed by atoms with Gasteiger partial charge in [0.05, 0.1) is 12.2 Å². The second-order valence-corrected chi connectivity index (χ2v) is 7.79. The fraction of sp³-hybridized carbons (Fsp3) is 0.522. The third-order valence-corrected chi connectivity index (χ3v) is 5.31. The van der Waals surface area contributed by atoms with Crippen molar-refractivity contribution < 1.29 is 14.1 Å². The number of hydrogen-bond donors (Lipinski definition) is 3. The summed E-state index contributed by atoms with van der Waals surface area (Å²) in [4.78, 5) is 16.0. The summed E-state index contributed by atoms with van der Waals surface area (Å²) in [6, 6.07) is 10.0. The van der Waals surface area contributed by atoms with Gasteiger partial charge in [-0.1, -0.05) is 31.1 Å². The summed E-state index contributed by atoms with van der Waals surface area (Å²) in [6.45, 7) is 5.43. The van der Waals surface area contributed by atoms with Gasteiger partial charge in [0.1, 0.15) is 5.75 Å². The number of nitrogens with zero attached hydrogens (tertiary/aromatic N) is 2. The maximum atomic E-state index is 11.8. The number of nitrogens with one attached hydrogen (secondary N) is 3. The normalized spacial score (nSPS) is 13.9. The Bertz CT molecular complexity index is 872. The standard InChI is InChI=1S/C23H33N5O3/c1-4-17(5-2)21-12-20(31-28-21)14-26-23(24-3)25-13-16-7-6-8-19(11-16)30-15-22(29)27-18-9-10-18/h6-8,11-12,17-18H,4-5,9-10,13-15H2,1-3H3,(H,27,29)(H2,24,25,26). The molecule has 1 heterocycles. The van der Waals surface area contributed by atoms with Crippen molar-refractivity contribution in [2.75, 3.05) is 13.7 Å². The molecule has 0 radical (unpaired) electrons. The molecule has 8 heteroatoms. The summed E-state index contributed by atoms with van der Waals surface area (Å²) in [6.07, 6.45) is 4.23. The van der Waals surface area contributed by atoms with Crippen LogP contribution in [-0.2, 0) is 17.9 Å². The molecule has 0 atom stereocenters. The van der Waals surface area contributed by atoms with Crippen molar-refractivity contribution in [2.24, 2.45) is 4.99 Å². The Labute approximate surface area is 183 Å². The quantitative estimate of drug-likeness (QED) is 0.376. The van der Waals surface area contributed by atoms with E-state index in [-0.39, 0.29) is 12.5 Å². The lowest BCUT2D eigenvalue weighted by Gasteiger charge is -2.12. The molecule has 0 unspecified atom stereocenters. The van der Waals surface area contributed by atoms with Gasteiger partial charge in [0.25, 0.3) is 5.91 Å². The van der Waals surface area contributed by atoms with Crippen LogP contribution < -0.4 is 20.7 Å². The smallest absolute Gasteiger partial charge is 0.258 e. The lowest BCUT2D eigenvalue weighted by molar-refractivity contribution is -0.123. The summed E-state index contributed by atoms with van der Waals surface area (Å²) >= 11 is 0. The molecule has 0 bridgehead atoms. The zero-order valence-corrected chi connectivity index (χ0v) is 18.6. The number of guanidine groups is 1. The van der Waals surface area contributed by atoms with Crippen LogP contribution in [0.4, 0.5) is 0 Å². The number of carbonyl (C=O) groups is 1. The van der Waals surface area contributed by atoms with Crippen LogP contribution >= 0.6 is 0 Å². The zero-order chi connectivity index (χ0) is 22.1. The number of ether oxygens (including phenoxy) is 1. The van der Waals surface area contributed by atoms with E-state index < -0.39 is 0 Å². The average Bonchev–Trinajstić information content (AvgIpc) is 3.48. The molecule has 1 aliphatic rings. The summed E-state index contributed by atoms with van der Waals surface area (Å²) < 4.78 is 11.1. The van der Waals surface area contributed by atoms with Crippen molar-refractivity contribution in [1.29, 1.82) is 0 Å². The minimum absolute atomic E-state index is 0.0344. The molecular formula is C23H33N5O3. The molecule has 3 N–H and O–H groups in total. The largest absolute Gasteiger partial charge is 0.484 e. The summed E-state index contributed by atoms with van der Waals surface area (Å²) in [5, 5.41) is 13.6. The molecule has 0 aliphatic heterocycles. The van der Waals surface area contributed by atoms with Gasteiger partial charge in [-0.3, -0.25) is 9.79 Å². The van der Waals surface area contributed by atoms with Crippen molar-refractivity contribution in [2.45, 2.75) is 64.6 Å². The zero-order valence-electron chi connectivity index (χ0n) is 18.6. The molecule has 31 heavy (non-hydrogen) atoms. The number of hydrogen-bond acceptors (Lipinski definition) is 5. The number of carbonyl (C=O) groups excluding carboxylic acids is 1. The molecule has 1 saturated carbocycles. The summed E-state index contributed by atoms with van der Waals surface area (Å²) in [5.41, 5.74) is 2.03. The predicted molar refractivity (Wildman–Crippen MR) is 120 cm³/mol. The summed E-state index contributed by atoms with van der Waals surface area (Å²) in [5.74, 6) is 2.48. The van der Waals surface area contributed by atoms with E-state index in [4.69, 9.17) is 9.26 Å². The highest BCUT2D eigenvalue weighted by atomic mass is 16.5. The van der Waals surface area contributed by atoms with Crippen LogP contribution in [0.25, 0.3) is 0 Å². The summed E-state index contributed by atoms with van der Waals surface area (Å²) in [7, 11) is 1.73. The van der Waals surface area contributed by atoms with Gasteiger partial charge in [-0.25, -0.2) is 0 Å². The SMILES string of the molecule is CCC(CC)c1cc(CNC(=NC)NCc2cccc(OCC(=O)NC3CC3)c2)on1. The Morgan fingerprint density at radius 2 is 2.00 bits per heavy atom. The Morgan fingerprint density at radius 1 is 1.23 bits per heavy atom. The molecule has 168 valence electrons. The van der Waals surface area contributed by atoms with Gasteiger partial charge in [0.2, 0.25) is 0 Å². The van der Waals surface area contributed by atoms with Crippen molar-refractivity contribution in [1.82, 2.24) is 21.1 Å². The van der Waals surface area contributed by atoms with Gasteiger partial charge in [0.15, 0.2) is 18.3 Å². The lowest BCUT2D eigenvalue weighted by Crippen LogP contribution is -2.36. The maximum Gasteiger partial charge on any atom is 0.258 e. The van der Waals surface area contributed by atoms with Crippen LogP contribution in [0.3, 0.4) is 0 Å². The lowest BCUT2D eigenvalue weighted by atomic mass is 9.99. The van der Waals surface area contributed by atoms with Crippen molar-refractivity contribution in [3.63, 3.8) is 0 Å². The third kappa shape index (κ3) is 7.31. The number of amides is 1. The van der Waals surface area contributed by atoms with E-state index in [1.54, 1.807) is 7.05 Å². The molecule has 2 aromatic rings. The van der Waals surface area contributed by atoms with Gasteiger partial charge in [-0.05, 0) is 43.4 Å². The highest BCUT2D eigenvalue weighted by Crippen LogP contribution is 2.22. The third-order valence-electron chi connectivity index (χ3n) is 5.31. The van der Waals surface area contributed by atoms with Crippen molar-refractivity contribution in [3.8, 4) is 5.75 Å². The Hall–Kier alpha value is -3.03. The Kier molecular flexibility index (Phi) is 8.32. The van der Waals surface area contributed by atoms with Crippen LogP contribution in [0.15, 0.2) is 39.8 Å². The second kappa shape index (κ2) is 11.4. The molecule has 1 fully saturated rings. The molecular weight excluding hydrogens is 394 g/mol. The van der Waals surface area contributed by atoms with E-state index in [1.165, 1.54) is 0 Å². The first-order chi connectivity index (χ1) is 15.1. The first-order valence-corrected chi connectivity index (χ1v) is 11.0. The molecule has 1 amide bonds. The molecule has 0 saturated heterocycles. The van der Waals surface area contributed by atoms with Gasteiger partial charge in [-0.15, -0.1) is 0 Å². The number of aromatic nitrogens is 1. The minimum Gasteiger partial charge on any atom is -0.484 e. The van der Waals surface area contributed by atoms with E-state index >= 15 is 0 Å². The highest BCUT2D eigenvalue weighted by Gasteiger charge is 2.23. The van der Waals surface area contributed by atoms with Crippen LogP contribution in [0, 0.1) is 0 Å². The van der Waals surface area contributed by atoms with Gasteiger partial charge < -0.3 is 25.2 Å². The Morgan fingerprint density at radius 3 is 2.71 bits per heavy atom. The minimum atomic E-state index is -0.0737. The van der Waals surface area contributed by atoms with E-state index in [0.29, 0.717) is 36.8 Å². The first kappa shape index (κ1) is 22.7. The van der Waals surface area contributed by atoms with E-state index in [1.807, 2.05) is 30.3 Å². The van der Waals surface area contributed by atoms with E-state index in [9.17, 15) is 4.79 Å². The fourth-order valence-electron chi connectivity index (χ4n) is 3.28. The molecule has 0 spiro atoms. The van der Waals surface area contributed by atoms with Crippen LogP contribution in [0.1, 0.15) is 62.5 Å². The van der Waals surface area contributed by atoms with Crippen LogP contribution in [0.5, 0.6) is 5.75 Å². The first-order valence-electron chi connectivity index (χ1n) is 11.0. The predicted octanol–water partition coefficient (Wildman–Crippen LogP) is 3.10. The number of rotatable bonds is 11. The second-order valence-electron chi connectivity index (χ2n) is 7.79. The molecule has 3 rings (SSSR count). The van der Waals surface area contributed by atoms with Crippen LogP contribution in [-0.4, -0.2) is 36.7 Å². The number of aliphatic imine (C=N–C) groups is 1. The van der Waals surface area contributed by atoms with Crippen LogP contribution in [0.2, 0.25) is 0 Å². The molecule has 1 aromatic carbocycles. The van der Waals surface area contributed by atoms with E-state index in [0.717, 1.165) is 42.7 Å². The monoisotopic (exact) mass is 427 g/mol. The van der Waals surface area contributed by atoms with Crippen molar-refractivity contribution in [3.05, 3.63) is 47.3 Å². The highest BCUT2D eigenvalue weighted by molar-refractivity contribution is 5.79. The fourth-order valence-corrected chi connectivity index (χ4v) is 3.28. The maximum absolute atomic E-state index is 11.8. The van der Waals surface area contributed by atoms with Crippen molar-refractivity contribution >= 4 is 11.9 Å². The van der Waals surface area contributed by atoms with Gasteiger partial charge >= 0.3 is 0 Å². The Balaban J connectivity index is 1.44. The molecule has 1 aromatic heterocycles. The average molecular weight is 428 g/mol. The topological polar surface area (TPSA) is 101 Å².